The lowest BCUT2D eigenvalue weighted by atomic mass is 9.95. The summed E-state index contributed by atoms with van der Waals surface area (Å²) < 4.78 is -0.665. The Labute approximate surface area is 160 Å². The fourth-order valence-electron chi connectivity index (χ4n) is 3.53. The molecule has 1 aromatic carbocycles. The van der Waals surface area contributed by atoms with Crippen LogP contribution in [-0.2, 0) is 19.2 Å². The molecule has 0 spiro atoms. The van der Waals surface area contributed by atoms with E-state index in [-0.39, 0.29) is 5.91 Å². The lowest BCUT2D eigenvalue weighted by Gasteiger charge is -2.44. The van der Waals surface area contributed by atoms with Crippen molar-refractivity contribution in [3.63, 3.8) is 0 Å². The van der Waals surface area contributed by atoms with Crippen LogP contribution in [0.15, 0.2) is 30.3 Å². The highest BCUT2D eigenvalue weighted by Crippen LogP contribution is 2.50. The summed E-state index contributed by atoms with van der Waals surface area (Å²) in [5.74, 6) is -2.36. The number of nitrogens with one attached hydrogen (secondary N) is 2. The van der Waals surface area contributed by atoms with Crippen molar-refractivity contribution in [2.45, 2.75) is 49.0 Å². The number of amides is 3. The highest BCUT2D eigenvalue weighted by Gasteiger charge is 2.64. The predicted molar refractivity (Wildman–Crippen MR) is 98.7 cm³/mol. The van der Waals surface area contributed by atoms with E-state index < -0.39 is 46.0 Å². The third-order valence-electron chi connectivity index (χ3n) is 4.72. The van der Waals surface area contributed by atoms with Gasteiger partial charge in [-0.3, -0.25) is 14.4 Å². The van der Waals surface area contributed by atoms with E-state index in [2.05, 4.69) is 10.6 Å². The number of rotatable bonds is 5. The molecule has 2 aliphatic heterocycles. The summed E-state index contributed by atoms with van der Waals surface area (Å²) in [6.45, 7) is 4.85. The highest BCUT2D eigenvalue weighted by atomic mass is 32.2. The van der Waals surface area contributed by atoms with Crippen LogP contribution in [0.3, 0.4) is 0 Å². The number of carbonyl (C=O) groups is 4. The average molecular weight is 391 g/mol. The Balaban J connectivity index is 1.77. The van der Waals surface area contributed by atoms with E-state index in [9.17, 15) is 24.3 Å². The van der Waals surface area contributed by atoms with Crippen LogP contribution >= 0.6 is 11.8 Å². The molecule has 3 N–H and O–H groups in total. The summed E-state index contributed by atoms with van der Waals surface area (Å²) in [4.78, 5) is 49.7. The molecular weight excluding hydrogens is 370 g/mol. The molecular formula is C18H21N3O5S. The van der Waals surface area contributed by atoms with Crippen molar-refractivity contribution >= 4 is 35.5 Å². The van der Waals surface area contributed by atoms with Gasteiger partial charge in [0.2, 0.25) is 17.7 Å². The Hall–Kier alpha value is -2.55. The summed E-state index contributed by atoms with van der Waals surface area (Å²) in [5, 5.41) is 14.3. The van der Waals surface area contributed by atoms with Crippen molar-refractivity contribution in [1.82, 2.24) is 15.5 Å². The van der Waals surface area contributed by atoms with Gasteiger partial charge in [-0.2, -0.15) is 0 Å². The lowest BCUT2D eigenvalue weighted by molar-refractivity contribution is -0.161. The molecule has 0 radical (unpaired) electrons. The summed E-state index contributed by atoms with van der Waals surface area (Å²) in [5.41, 5.74) is 0.594. The highest BCUT2D eigenvalue weighted by molar-refractivity contribution is 8.01. The Morgan fingerprint density at radius 1 is 1.22 bits per heavy atom. The number of carboxylic acids is 1. The maximum absolute atomic E-state index is 12.8. The van der Waals surface area contributed by atoms with Gasteiger partial charge in [0.25, 0.3) is 0 Å². The van der Waals surface area contributed by atoms with Crippen LogP contribution in [0, 0.1) is 0 Å². The molecule has 27 heavy (non-hydrogen) atoms. The van der Waals surface area contributed by atoms with Crippen LogP contribution in [0.4, 0.5) is 0 Å². The van der Waals surface area contributed by atoms with Gasteiger partial charge in [-0.1, -0.05) is 30.3 Å². The van der Waals surface area contributed by atoms with Gasteiger partial charge in [0, 0.05) is 11.7 Å². The monoisotopic (exact) mass is 391 g/mol. The zero-order chi connectivity index (χ0) is 19.9. The summed E-state index contributed by atoms with van der Waals surface area (Å²) >= 11 is 1.35. The van der Waals surface area contributed by atoms with E-state index in [1.54, 1.807) is 44.2 Å². The molecule has 2 aliphatic rings. The van der Waals surface area contributed by atoms with Gasteiger partial charge >= 0.3 is 5.97 Å². The second-order valence-corrected chi connectivity index (χ2v) is 8.90. The molecule has 4 unspecified atom stereocenters. The van der Waals surface area contributed by atoms with Crippen molar-refractivity contribution in [2.75, 3.05) is 0 Å². The quantitative estimate of drug-likeness (QED) is 0.630. The van der Waals surface area contributed by atoms with Crippen molar-refractivity contribution in [3.8, 4) is 0 Å². The molecule has 2 fully saturated rings. The molecule has 0 saturated carbocycles. The lowest BCUT2D eigenvalue weighted by Crippen LogP contribution is -2.71. The second-order valence-electron chi connectivity index (χ2n) is 7.13. The van der Waals surface area contributed by atoms with Gasteiger partial charge in [0.05, 0.1) is 0 Å². The van der Waals surface area contributed by atoms with Gasteiger partial charge < -0.3 is 20.6 Å². The Morgan fingerprint density at radius 3 is 2.41 bits per heavy atom. The van der Waals surface area contributed by atoms with Crippen molar-refractivity contribution < 1.29 is 24.3 Å². The number of carbonyl (C=O) groups excluding carboxylic acids is 3. The van der Waals surface area contributed by atoms with E-state index in [0.29, 0.717) is 5.56 Å². The van der Waals surface area contributed by atoms with Gasteiger partial charge in [-0.25, -0.2) is 4.79 Å². The smallest absolute Gasteiger partial charge is 0.327 e. The van der Waals surface area contributed by atoms with Crippen molar-refractivity contribution in [1.29, 1.82) is 0 Å². The minimum atomic E-state index is -1.06. The van der Waals surface area contributed by atoms with E-state index >= 15 is 0 Å². The Bertz CT molecular complexity index is 797. The first-order chi connectivity index (χ1) is 12.6. The van der Waals surface area contributed by atoms with Gasteiger partial charge in [0.15, 0.2) is 0 Å². The summed E-state index contributed by atoms with van der Waals surface area (Å²) in [7, 11) is 0. The van der Waals surface area contributed by atoms with Gasteiger partial charge in [-0.15, -0.1) is 11.8 Å². The first-order valence-corrected chi connectivity index (χ1v) is 9.36. The molecule has 144 valence electrons. The zero-order valence-corrected chi connectivity index (χ0v) is 15.9. The summed E-state index contributed by atoms with van der Waals surface area (Å²) in [6, 6.07) is 6.04. The molecule has 0 aliphatic carbocycles. The van der Waals surface area contributed by atoms with Gasteiger partial charge in [-0.05, 0) is 19.4 Å². The van der Waals surface area contributed by atoms with Crippen molar-refractivity contribution in [2.24, 2.45) is 0 Å². The largest absolute Gasteiger partial charge is 0.480 e. The molecule has 0 bridgehead atoms. The predicted octanol–water partition coefficient (Wildman–Crippen LogP) is 0.496. The molecule has 9 heteroatoms. The number of carboxylic acid groups (broad SMARTS) is 1. The minimum absolute atomic E-state index is 0.372. The third-order valence-corrected chi connectivity index (χ3v) is 6.29. The SMILES string of the molecule is CC(=O)NC(C(=O)NC1C(=O)N2C1SC(C)(C)C2C(=O)O)c1ccccc1. The standard InChI is InChI=1S/C18H21N3O5S/c1-9(22)19-11(10-7-5-4-6-8-10)14(23)20-12-15(24)21-13(17(25)26)18(2,3)27-16(12)21/h4-8,11-13,16H,1-3H3,(H,19,22)(H,20,23)(H,25,26). The van der Waals surface area contributed by atoms with Crippen LogP contribution in [0.1, 0.15) is 32.4 Å². The average Bonchev–Trinajstić information content (AvgIpc) is 2.86. The molecule has 3 rings (SSSR count). The number of hydrogen-bond acceptors (Lipinski definition) is 5. The number of hydrogen-bond donors (Lipinski definition) is 3. The van der Waals surface area contributed by atoms with Crippen LogP contribution in [0.2, 0.25) is 0 Å². The topological polar surface area (TPSA) is 116 Å². The number of benzene rings is 1. The molecule has 3 amide bonds. The minimum Gasteiger partial charge on any atom is -0.480 e. The number of aliphatic carboxylic acids is 1. The van der Waals surface area contributed by atoms with Crippen LogP contribution in [0.25, 0.3) is 0 Å². The molecule has 8 nitrogen and oxygen atoms in total. The van der Waals surface area contributed by atoms with E-state index in [1.807, 2.05) is 0 Å². The first-order valence-electron chi connectivity index (χ1n) is 8.48. The molecule has 0 aromatic heterocycles. The molecule has 2 saturated heterocycles. The fourth-order valence-corrected chi connectivity index (χ4v) is 5.16. The number of thioether (sulfide) groups is 1. The van der Waals surface area contributed by atoms with Crippen LogP contribution in [-0.4, -0.2) is 55.9 Å². The second kappa shape index (κ2) is 6.88. The maximum atomic E-state index is 12.8. The third kappa shape index (κ3) is 3.39. The van der Waals surface area contributed by atoms with E-state index in [4.69, 9.17) is 0 Å². The Kier molecular flexibility index (Phi) is 4.90. The number of fused-ring (bicyclic) bond motifs is 1. The molecule has 1 aromatic rings. The Morgan fingerprint density at radius 2 is 1.85 bits per heavy atom. The van der Waals surface area contributed by atoms with Crippen LogP contribution < -0.4 is 10.6 Å². The molecule has 2 heterocycles. The molecule has 4 atom stereocenters. The number of β-lactam (4-membered cyclic amide) rings is 1. The van der Waals surface area contributed by atoms with Crippen LogP contribution in [0.5, 0.6) is 0 Å². The fraction of sp³-hybridized carbons (Fsp3) is 0.444. The van der Waals surface area contributed by atoms with Gasteiger partial charge in [0.1, 0.15) is 23.5 Å². The summed E-state index contributed by atoms with van der Waals surface area (Å²) in [6.07, 6.45) is 0. The van der Waals surface area contributed by atoms with E-state index in [0.717, 1.165) is 0 Å². The normalized spacial score (nSPS) is 26.6. The van der Waals surface area contributed by atoms with Crippen molar-refractivity contribution in [3.05, 3.63) is 35.9 Å². The zero-order valence-electron chi connectivity index (χ0n) is 15.1. The van der Waals surface area contributed by atoms with E-state index in [1.165, 1.54) is 23.6 Å². The number of nitrogens with zero attached hydrogens (tertiary/aromatic N) is 1. The maximum Gasteiger partial charge on any atom is 0.327 e. The first kappa shape index (κ1) is 19.2.